The summed E-state index contributed by atoms with van der Waals surface area (Å²) in [4.78, 5) is 26.2. The Morgan fingerprint density at radius 2 is 1.76 bits per heavy atom. The molecule has 0 radical (unpaired) electrons. The number of benzene rings is 1. The van der Waals surface area contributed by atoms with Gasteiger partial charge in [-0.15, -0.1) is 0 Å². The number of nitrogens with one attached hydrogen (secondary N) is 1. The summed E-state index contributed by atoms with van der Waals surface area (Å²) in [5.74, 6) is -1.18. The lowest BCUT2D eigenvalue weighted by Gasteiger charge is -2.31. The maximum absolute atomic E-state index is 12.5. The summed E-state index contributed by atoms with van der Waals surface area (Å²) in [5.41, 5.74) is -0.152. The first-order valence-corrected chi connectivity index (χ1v) is 11.9. The van der Waals surface area contributed by atoms with Crippen LogP contribution in [0, 0.1) is 0 Å². The molecule has 1 N–H and O–H groups in total. The number of esters is 1. The number of hydrogen-bond donors (Lipinski definition) is 1. The van der Waals surface area contributed by atoms with Crippen molar-refractivity contribution in [2.24, 2.45) is 0 Å². The minimum atomic E-state index is -3.88. The molecule has 2 saturated carbocycles. The average molecular weight is 463 g/mol. The number of ether oxygens (including phenoxy) is 1. The quantitative estimate of drug-likeness (QED) is 0.626. The molecule has 0 aromatic heterocycles. The van der Waals surface area contributed by atoms with Crippen LogP contribution < -0.4 is 4.72 Å². The molecule has 0 unspecified atom stereocenters. The minimum Gasteiger partial charge on any atom is -0.452 e. The van der Waals surface area contributed by atoms with Crippen molar-refractivity contribution in [2.75, 3.05) is 13.7 Å². The average Bonchev–Trinajstić information content (AvgIpc) is 3.49. The van der Waals surface area contributed by atoms with Gasteiger partial charge in [0.1, 0.15) is 4.90 Å². The topological polar surface area (TPSA) is 92.8 Å². The summed E-state index contributed by atoms with van der Waals surface area (Å²) in [5, 5.41) is -0.133. The molecule has 2 aliphatic carbocycles. The number of carbonyl (C=O) groups excluding carboxylic acids is 2. The minimum absolute atomic E-state index is 0.0431. The van der Waals surface area contributed by atoms with Crippen LogP contribution in [-0.2, 0) is 19.6 Å². The molecule has 1 aromatic carbocycles. The van der Waals surface area contributed by atoms with E-state index in [1.807, 2.05) is 0 Å². The van der Waals surface area contributed by atoms with Crippen molar-refractivity contribution in [3.8, 4) is 0 Å². The maximum atomic E-state index is 12.5. The lowest BCUT2D eigenvalue weighted by molar-refractivity contribution is -0.135. The van der Waals surface area contributed by atoms with Crippen molar-refractivity contribution in [3.05, 3.63) is 27.7 Å². The van der Waals surface area contributed by atoms with Gasteiger partial charge in [0.05, 0.1) is 15.6 Å². The van der Waals surface area contributed by atoms with E-state index in [1.165, 1.54) is 12.5 Å². The summed E-state index contributed by atoms with van der Waals surface area (Å²) in [6.07, 6.45) is 6.72. The number of amides is 1. The Hall–Kier alpha value is -1.35. The molecule has 0 saturated heterocycles. The van der Waals surface area contributed by atoms with Gasteiger partial charge in [0.25, 0.3) is 5.91 Å². The fourth-order valence-electron chi connectivity index (χ4n) is 3.35. The van der Waals surface area contributed by atoms with E-state index in [2.05, 4.69) is 4.72 Å². The highest BCUT2D eigenvalue weighted by atomic mass is 35.5. The second-order valence-corrected chi connectivity index (χ2v) is 10.0. The van der Waals surface area contributed by atoms with Crippen molar-refractivity contribution in [3.63, 3.8) is 0 Å². The van der Waals surface area contributed by atoms with Crippen LogP contribution in [0.15, 0.2) is 17.0 Å². The Balaban J connectivity index is 1.68. The molecule has 2 aliphatic rings. The Labute approximate surface area is 180 Å². The van der Waals surface area contributed by atoms with Crippen molar-refractivity contribution in [1.29, 1.82) is 0 Å². The van der Waals surface area contributed by atoms with Gasteiger partial charge in [0.15, 0.2) is 6.61 Å². The zero-order valence-corrected chi connectivity index (χ0v) is 18.4. The fourth-order valence-corrected chi connectivity index (χ4v) is 5.51. The molecular weight excluding hydrogens is 439 g/mol. The van der Waals surface area contributed by atoms with E-state index in [1.54, 1.807) is 11.9 Å². The zero-order chi connectivity index (χ0) is 21.2. The lowest BCUT2D eigenvalue weighted by atomic mass is 9.94. The molecule has 160 valence electrons. The molecular formula is C19H24Cl2N2O5S. The second kappa shape index (κ2) is 9.20. The summed E-state index contributed by atoms with van der Waals surface area (Å²) in [6, 6.07) is 2.32. The number of nitrogens with zero attached hydrogens (tertiary/aromatic N) is 1. The molecule has 0 atom stereocenters. The van der Waals surface area contributed by atoms with E-state index < -0.39 is 22.6 Å². The molecule has 1 aromatic rings. The van der Waals surface area contributed by atoms with Gasteiger partial charge in [-0.1, -0.05) is 42.5 Å². The fraction of sp³-hybridized carbons (Fsp3) is 0.579. The van der Waals surface area contributed by atoms with Crippen LogP contribution in [0.1, 0.15) is 55.3 Å². The highest BCUT2D eigenvalue weighted by Crippen LogP contribution is 2.31. The van der Waals surface area contributed by atoms with Crippen LogP contribution in [0.5, 0.6) is 0 Å². The Morgan fingerprint density at radius 1 is 1.10 bits per heavy atom. The molecule has 7 nitrogen and oxygen atoms in total. The van der Waals surface area contributed by atoms with Crippen LogP contribution in [0.25, 0.3) is 0 Å². The number of halogens is 2. The van der Waals surface area contributed by atoms with Crippen LogP contribution in [-0.4, -0.2) is 50.9 Å². The van der Waals surface area contributed by atoms with Gasteiger partial charge in [-0.2, -0.15) is 0 Å². The van der Waals surface area contributed by atoms with Gasteiger partial charge in [0.2, 0.25) is 10.0 Å². The first kappa shape index (κ1) is 22.3. The van der Waals surface area contributed by atoms with Gasteiger partial charge < -0.3 is 9.64 Å². The largest absolute Gasteiger partial charge is 0.452 e. The van der Waals surface area contributed by atoms with Gasteiger partial charge in [0, 0.05) is 19.1 Å². The van der Waals surface area contributed by atoms with Crippen molar-refractivity contribution in [2.45, 2.75) is 61.9 Å². The molecule has 2 fully saturated rings. The highest BCUT2D eigenvalue weighted by molar-refractivity contribution is 7.89. The standard InChI is InChI=1S/C19H24Cl2N2O5S/c1-23(13-5-3-2-4-6-13)18(24)11-28-19(25)14-9-17(16(21)10-15(14)20)29(26,27)22-12-7-8-12/h9-10,12-13,22H,2-8,11H2,1H3. The second-order valence-electron chi connectivity index (χ2n) is 7.53. The Bertz CT molecular complexity index is 896. The zero-order valence-electron chi connectivity index (χ0n) is 16.1. The van der Waals surface area contributed by atoms with E-state index in [0.29, 0.717) is 0 Å². The van der Waals surface area contributed by atoms with Crippen LogP contribution in [0.4, 0.5) is 0 Å². The van der Waals surface area contributed by atoms with Crippen LogP contribution in [0.3, 0.4) is 0 Å². The van der Waals surface area contributed by atoms with Crippen molar-refractivity contribution in [1.82, 2.24) is 9.62 Å². The third kappa shape index (κ3) is 5.63. The van der Waals surface area contributed by atoms with Crippen molar-refractivity contribution < 1.29 is 22.7 Å². The summed E-state index contributed by atoms with van der Waals surface area (Å²) in [7, 11) is -2.18. The van der Waals surface area contributed by atoms with E-state index in [-0.39, 0.29) is 38.5 Å². The molecule has 0 heterocycles. The number of likely N-dealkylation sites (N-methyl/N-ethyl adjacent to an activating group) is 1. The summed E-state index contributed by atoms with van der Waals surface area (Å²) < 4.78 is 32.6. The highest BCUT2D eigenvalue weighted by Gasteiger charge is 2.31. The first-order valence-electron chi connectivity index (χ1n) is 9.63. The van der Waals surface area contributed by atoms with E-state index in [9.17, 15) is 18.0 Å². The summed E-state index contributed by atoms with van der Waals surface area (Å²) in [6.45, 7) is -0.437. The monoisotopic (exact) mass is 462 g/mol. The molecule has 1 amide bonds. The SMILES string of the molecule is CN(C(=O)COC(=O)c1cc(S(=O)(=O)NC2CC2)c(Cl)cc1Cl)C1CCCCC1. The lowest BCUT2D eigenvalue weighted by Crippen LogP contribution is -2.40. The Morgan fingerprint density at radius 3 is 2.38 bits per heavy atom. The van der Waals surface area contributed by atoms with E-state index in [0.717, 1.165) is 44.6 Å². The molecule has 0 bridgehead atoms. The third-order valence-corrected chi connectivity index (χ3v) is 7.57. The maximum Gasteiger partial charge on any atom is 0.340 e. The van der Waals surface area contributed by atoms with E-state index in [4.69, 9.17) is 27.9 Å². The van der Waals surface area contributed by atoms with Crippen molar-refractivity contribution >= 4 is 45.1 Å². The predicted octanol–water partition coefficient (Wildman–Crippen LogP) is 3.38. The smallest absolute Gasteiger partial charge is 0.340 e. The molecule has 3 rings (SSSR count). The predicted molar refractivity (Wildman–Crippen MR) is 110 cm³/mol. The number of rotatable bonds is 7. The van der Waals surface area contributed by atoms with Gasteiger partial charge in [-0.05, 0) is 37.8 Å². The molecule has 10 heteroatoms. The van der Waals surface area contributed by atoms with E-state index >= 15 is 0 Å². The summed E-state index contributed by atoms with van der Waals surface area (Å²) >= 11 is 12.1. The van der Waals surface area contributed by atoms with Crippen LogP contribution in [0.2, 0.25) is 10.0 Å². The normalized spacial score (nSPS) is 17.8. The van der Waals surface area contributed by atoms with Crippen LogP contribution >= 0.6 is 23.2 Å². The molecule has 29 heavy (non-hydrogen) atoms. The number of sulfonamides is 1. The first-order chi connectivity index (χ1) is 13.7. The van der Waals surface area contributed by atoms with Gasteiger partial charge in [-0.25, -0.2) is 17.9 Å². The molecule has 0 aliphatic heterocycles. The molecule has 0 spiro atoms. The third-order valence-electron chi connectivity index (χ3n) is 5.27. The van der Waals surface area contributed by atoms with Gasteiger partial charge in [-0.3, -0.25) is 4.79 Å². The number of hydrogen-bond acceptors (Lipinski definition) is 5. The van der Waals surface area contributed by atoms with Gasteiger partial charge >= 0.3 is 5.97 Å². The number of carbonyl (C=O) groups is 2. The Kier molecular flexibility index (Phi) is 7.09.